The second-order valence-corrected chi connectivity index (χ2v) is 7.09. The van der Waals surface area contributed by atoms with Crippen LogP contribution in [0.2, 0.25) is 0 Å². The minimum Gasteiger partial charge on any atom is -0.383 e. The molecule has 0 spiro atoms. The van der Waals surface area contributed by atoms with Crippen molar-refractivity contribution in [3.63, 3.8) is 0 Å². The molecule has 0 unspecified atom stereocenters. The van der Waals surface area contributed by atoms with Crippen LogP contribution in [0, 0.1) is 0 Å². The summed E-state index contributed by atoms with van der Waals surface area (Å²) in [5.41, 5.74) is 3.66. The molecule has 3 rings (SSSR count). The third-order valence-corrected chi connectivity index (χ3v) is 5.16. The Morgan fingerprint density at radius 3 is 2.88 bits per heavy atom. The zero-order chi connectivity index (χ0) is 16.6. The predicted molar refractivity (Wildman–Crippen MR) is 100 cm³/mol. The number of para-hydroxylation sites is 1. The average Bonchev–Trinajstić information content (AvgIpc) is 2.84. The molecular formula is C19H23N3OS. The van der Waals surface area contributed by atoms with Crippen molar-refractivity contribution >= 4 is 23.4 Å². The van der Waals surface area contributed by atoms with Crippen LogP contribution in [0.15, 0.2) is 48.8 Å². The summed E-state index contributed by atoms with van der Waals surface area (Å²) in [6.07, 6.45) is 5.30. The number of carbonyl (C=O) groups is 1. The minimum absolute atomic E-state index is 0.255. The molecule has 0 atom stereocenters. The Labute approximate surface area is 147 Å². The van der Waals surface area contributed by atoms with Crippen molar-refractivity contribution in [3.8, 4) is 0 Å². The molecule has 1 N–H and O–H groups in total. The van der Waals surface area contributed by atoms with Gasteiger partial charge in [-0.2, -0.15) is 11.8 Å². The fraction of sp³-hybridized carbons (Fsp3) is 0.368. The van der Waals surface area contributed by atoms with E-state index >= 15 is 0 Å². The first-order chi connectivity index (χ1) is 11.8. The number of aryl methyl sites for hydroxylation is 1. The standard InChI is InChI=1S/C19H23N3OS/c23-19(8-14-24-13-7-16-5-9-20-10-6-16)22-12-11-21-18-4-2-1-3-17(18)15-22/h1-6,9-10,21H,7-8,11-15H2. The molecule has 5 heteroatoms. The fourth-order valence-corrected chi connectivity index (χ4v) is 3.72. The maximum absolute atomic E-state index is 12.5. The van der Waals surface area contributed by atoms with Gasteiger partial charge in [0.25, 0.3) is 0 Å². The summed E-state index contributed by atoms with van der Waals surface area (Å²) < 4.78 is 0. The number of nitrogens with one attached hydrogen (secondary N) is 1. The van der Waals surface area contributed by atoms with Gasteiger partial charge < -0.3 is 10.2 Å². The molecule has 1 aliphatic heterocycles. The molecule has 0 saturated heterocycles. The van der Waals surface area contributed by atoms with Gasteiger partial charge in [0, 0.05) is 49.9 Å². The normalized spacial score (nSPS) is 13.8. The van der Waals surface area contributed by atoms with Gasteiger partial charge in [0.05, 0.1) is 0 Å². The van der Waals surface area contributed by atoms with Crippen LogP contribution in [0.5, 0.6) is 0 Å². The summed E-state index contributed by atoms with van der Waals surface area (Å²) in [5, 5.41) is 3.40. The second-order valence-electron chi connectivity index (χ2n) is 5.87. The molecule has 1 aliphatic rings. The van der Waals surface area contributed by atoms with Crippen molar-refractivity contribution in [2.24, 2.45) is 0 Å². The molecule has 2 heterocycles. The maximum atomic E-state index is 12.5. The van der Waals surface area contributed by atoms with Crippen LogP contribution in [0.3, 0.4) is 0 Å². The molecule has 1 aromatic heterocycles. The van der Waals surface area contributed by atoms with Crippen LogP contribution in [-0.2, 0) is 17.8 Å². The lowest BCUT2D eigenvalue weighted by atomic mass is 10.1. The molecular weight excluding hydrogens is 318 g/mol. The van der Waals surface area contributed by atoms with Gasteiger partial charge in [-0.1, -0.05) is 18.2 Å². The van der Waals surface area contributed by atoms with E-state index in [2.05, 4.69) is 22.4 Å². The first-order valence-corrected chi connectivity index (χ1v) is 9.54. The lowest BCUT2D eigenvalue weighted by molar-refractivity contribution is -0.131. The number of pyridine rings is 1. The van der Waals surface area contributed by atoms with Gasteiger partial charge in [-0.3, -0.25) is 9.78 Å². The molecule has 0 radical (unpaired) electrons. The van der Waals surface area contributed by atoms with Crippen LogP contribution < -0.4 is 5.32 Å². The molecule has 1 aromatic carbocycles. The van der Waals surface area contributed by atoms with E-state index in [1.807, 2.05) is 53.3 Å². The topological polar surface area (TPSA) is 45.2 Å². The van der Waals surface area contributed by atoms with Crippen molar-refractivity contribution in [1.82, 2.24) is 9.88 Å². The number of hydrogen-bond acceptors (Lipinski definition) is 4. The second kappa shape index (κ2) is 8.73. The summed E-state index contributed by atoms with van der Waals surface area (Å²) >= 11 is 1.85. The van der Waals surface area contributed by atoms with Crippen LogP contribution >= 0.6 is 11.8 Å². The van der Waals surface area contributed by atoms with E-state index in [0.29, 0.717) is 13.0 Å². The molecule has 2 aromatic rings. The van der Waals surface area contributed by atoms with Crippen molar-refractivity contribution in [1.29, 1.82) is 0 Å². The molecule has 24 heavy (non-hydrogen) atoms. The van der Waals surface area contributed by atoms with Crippen LogP contribution in [0.25, 0.3) is 0 Å². The van der Waals surface area contributed by atoms with E-state index in [1.54, 1.807) is 0 Å². The molecule has 1 amide bonds. The molecule has 0 fully saturated rings. The lowest BCUT2D eigenvalue weighted by Gasteiger charge is -2.20. The number of amides is 1. The SMILES string of the molecule is O=C(CCSCCc1ccncc1)N1CCNc2ccccc2C1. The fourth-order valence-electron chi connectivity index (χ4n) is 2.81. The monoisotopic (exact) mass is 341 g/mol. The highest BCUT2D eigenvalue weighted by Crippen LogP contribution is 2.20. The van der Waals surface area contributed by atoms with E-state index in [9.17, 15) is 4.79 Å². The summed E-state index contributed by atoms with van der Waals surface area (Å²) in [7, 11) is 0. The summed E-state index contributed by atoms with van der Waals surface area (Å²) in [4.78, 5) is 18.5. The molecule has 4 nitrogen and oxygen atoms in total. The van der Waals surface area contributed by atoms with Crippen LogP contribution in [-0.4, -0.2) is 40.4 Å². The molecule has 0 bridgehead atoms. The van der Waals surface area contributed by atoms with E-state index in [-0.39, 0.29) is 5.91 Å². The van der Waals surface area contributed by atoms with Gasteiger partial charge in [0.2, 0.25) is 5.91 Å². The van der Waals surface area contributed by atoms with Gasteiger partial charge in [-0.05, 0) is 41.5 Å². The number of nitrogens with zero attached hydrogens (tertiary/aromatic N) is 2. The highest BCUT2D eigenvalue weighted by atomic mass is 32.2. The van der Waals surface area contributed by atoms with Crippen molar-refractivity contribution in [2.45, 2.75) is 19.4 Å². The van der Waals surface area contributed by atoms with Crippen molar-refractivity contribution in [3.05, 3.63) is 59.9 Å². The number of anilines is 1. The lowest BCUT2D eigenvalue weighted by Crippen LogP contribution is -2.32. The Hall–Kier alpha value is -2.01. The Morgan fingerprint density at radius 2 is 2.00 bits per heavy atom. The van der Waals surface area contributed by atoms with E-state index < -0.39 is 0 Å². The smallest absolute Gasteiger partial charge is 0.223 e. The number of aromatic nitrogens is 1. The Bertz CT molecular complexity index is 663. The first kappa shape index (κ1) is 16.8. The number of benzene rings is 1. The summed E-state index contributed by atoms with van der Waals surface area (Å²) in [5.74, 6) is 2.18. The number of fused-ring (bicyclic) bond motifs is 1. The van der Waals surface area contributed by atoms with E-state index in [0.717, 1.165) is 36.7 Å². The molecule has 0 saturated carbocycles. The first-order valence-electron chi connectivity index (χ1n) is 8.39. The third-order valence-electron chi connectivity index (χ3n) is 4.17. The molecule has 0 aliphatic carbocycles. The van der Waals surface area contributed by atoms with Gasteiger partial charge in [0.1, 0.15) is 0 Å². The summed E-state index contributed by atoms with van der Waals surface area (Å²) in [6.45, 7) is 2.30. The van der Waals surface area contributed by atoms with Crippen molar-refractivity contribution < 1.29 is 4.79 Å². The predicted octanol–water partition coefficient (Wildman–Crippen LogP) is 3.20. The zero-order valence-corrected chi connectivity index (χ0v) is 14.6. The number of hydrogen-bond donors (Lipinski definition) is 1. The minimum atomic E-state index is 0.255. The van der Waals surface area contributed by atoms with E-state index in [1.165, 1.54) is 11.1 Å². The van der Waals surface area contributed by atoms with Gasteiger partial charge in [-0.15, -0.1) is 0 Å². The van der Waals surface area contributed by atoms with Crippen LogP contribution in [0.4, 0.5) is 5.69 Å². The van der Waals surface area contributed by atoms with Gasteiger partial charge in [0.15, 0.2) is 0 Å². The Kier molecular flexibility index (Phi) is 6.13. The van der Waals surface area contributed by atoms with Crippen molar-refractivity contribution in [2.75, 3.05) is 29.9 Å². The number of carbonyl (C=O) groups excluding carboxylic acids is 1. The summed E-state index contributed by atoms with van der Waals surface area (Å²) in [6, 6.07) is 12.3. The molecule has 126 valence electrons. The Morgan fingerprint density at radius 1 is 1.17 bits per heavy atom. The highest BCUT2D eigenvalue weighted by Gasteiger charge is 2.17. The largest absolute Gasteiger partial charge is 0.383 e. The zero-order valence-electron chi connectivity index (χ0n) is 13.8. The van der Waals surface area contributed by atoms with Crippen LogP contribution in [0.1, 0.15) is 17.5 Å². The Balaban J connectivity index is 1.40. The maximum Gasteiger partial charge on any atom is 0.223 e. The van der Waals surface area contributed by atoms with E-state index in [4.69, 9.17) is 0 Å². The number of thioether (sulfide) groups is 1. The quantitative estimate of drug-likeness (QED) is 0.820. The van der Waals surface area contributed by atoms with Gasteiger partial charge in [-0.25, -0.2) is 0 Å². The highest BCUT2D eigenvalue weighted by molar-refractivity contribution is 7.99. The number of rotatable bonds is 6. The van der Waals surface area contributed by atoms with Gasteiger partial charge >= 0.3 is 0 Å². The third kappa shape index (κ3) is 4.74. The average molecular weight is 341 g/mol.